The normalized spacial score (nSPS) is 20.0. The molecule has 2 aliphatic rings. The summed E-state index contributed by atoms with van der Waals surface area (Å²) < 4.78 is 10.6. The first-order chi connectivity index (χ1) is 12.6. The molecule has 0 radical (unpaired) electrons. The Hall–Kier alpha value is -3.08. The second-order valence-corrected chi connectivity index (χ2v) is 6.49. The van der Waals surface area contributed by atoms with Crippen LogP contribution >= 0.6 is 0 Å². The number of esters is 1. The second kappa shape index (κ2) is 6.33. The summed E-state index contributed by atoms with van der Waals surface area (Å²) in [4.78, 5) is 25.3. The smallest absolute Gasteiger partial charge is 0.340 e. The van der Waals surface area contributed by atoms with Gasteiger partial charge in [-0.2, -0.15) is 0 Å². The third-order valence-corrected chi connectivity index (χ3v) is 5.02. The minimum absolute atomic E-state index is 0.00177. The number of nitrogens with two attached hydrogens (primary N) is 1. The maximum Gasteiger partial charge on any atom is 0.340 e. The van der Waals surface area contributed by atoms with Crippen LogP contribution in [0.2, 0.25) is 0 Å². The largest absolute Gasteiger partial charge is 0.465 e. The van der Waals surface area contributed by atoms with Gasteiger partial charge in [0.1, 0.15) is 11.3 Å². The lowest BCUT2D eigenvalue weighted by molar-refractivity contribution is -0.136. The van der Waals surface area contributed by atoms with Crippen molar-refractivity contribution in [1.82, 2.24) is 0 Å². The number of fused-ring (bicyclic) bond motifs is 1. The standard InChI is InChI=1S/C21H19NO4/c1-25-21(24)19-17(14-9-4-7-12-6-2-3-8-13(12)14)18-15(23)10-5-11-16(18)26-20(19)22/h2-4,6-9,17H,5,10-11,22H2,1H3/t17-/m1/s1. The van der Waals surface area contributed by atoms with Gasteiger partial charge in [0, 0.05) is 18.4 Å². The van der Waals surface area contributed by atoms with E-state index in [9.17, 15) is 9.59 Å². The zero-order chi connectivity index (χ0) is 18.3. The van der Waals surface area contributed by atoms with E-state index in [-0.39, 0.29) is 17.2 Å². The van der Waals surface area contributed by atoms with E-state index in [1.54, 1.807) is 0 Å². The van der Waals surface area contributed by atoms with Gasteiger partial charge in [-0.3, -0.25) is 4.79 Å². The fourth-order valence-corrected chi connectivity index (χ4v) is 3.88. The van der Waals surface area contributed by atoms with Crippen LogP contribution in [0.3, 0.4) is 0 Å². The highest BCUT2D eigenvalue weighted by Gasteiger charge is 2.41. The van der Waals surface area contributed by atoms with Crippen molar-refractivity contribution in [2.45, 2.75) is 25.2 Å². The first-order valence-electron chi connectivity index (χ1n) is 8.61. The Labute approximate surface area is 151 Å². The van der Waals surface area contributed by atoms with Gasteiger partial charge in [0.25, 0.3) is 0 Å². The zero-order valence-electron chi connectivity index (χ0n) is 14.5. The number of ketones is 1. The van der Waals surface area contributed by atoms with Crippen molar-refractivity contribution in [2.75, 3.05) is 7.11 Å². The molecule has 0 spiro atoms. The molecule has 1 atom stereocenters. The molecule has 0 amide bonds. The lowest BCUT2D eigenvalue weighted by Gasteiger charge is -2.32. The molecule has 0 unspecified atom stereocenters. The van der Waals surface area contributed by atoms with Crippen molar-refractivity contribution < 1.29 is 19.1 Å². The fourth-order valence-electron chi connectivity index (χ4n) is 3.88. The molecule has 26 heavy (non-hydrogen) atoms. The molecule has 0 saturated carbocycles. The van der Waals surface area contributed by atoms with E-state index >= 15 is 0 Å². The van der Waals surface area contributed by atoms with Gasteiger partial charge in [-0.05, 0) is 22.8 Å². The van der Waals surface area contributed by atoms with Gasteiger partial charge in [0.15, 0.2) is 5.78 Å². The summed E-state index contributed by atoms with van der Waals surface area (Å²) in [5.74, 6) is -0.568. The SMILES string of the molecule is COC(=O)C1=C(N)OC2=C(C(=O)CCC2)[C@H]1c1cccc2ccccc12. The molecule has 1 heterocycles. The number of benzene rings is 2. The van der Waals surface area contributed by atoms with Crippen LogP contribution in [0.4, 0.5) is 0 Å². The summed E-state index contributed by atoms with van der Waals surface area (Å²) in [6.45, 7) is 0. The lowest BCUT2D eigenvalue weighted by Crippen LogP contribution is -2.31. The van der Waals surface area contributed by atoms with Crippen molar-refractivity contribution in [3.05, 3.63) is 70.8 Å². The summed E-state index contributed by atoms with van der Waals surface area (Å²) in [5.41, 5.74) is 7.67. The number of methoxy groups -OCH3 is 1. The van der Waals surface area contributed by atoms with Gasteiger partial charge in [-0.25, -0.2) is 4.79 Å². The number of rotatable bonds is 2. The maximum atomic E-state index is 12.8. The van der Waals surface area contributed by atoms with E-state index in [1.165, 1.54) is 7.11 Å². The first kappa shape index (κ1) is 16.4. The molecule has 2 N–H and O–H groups in total. The predicted octanol–water partition coefficient (Wildman–Crippen LogP) is 3.30. The van der Waals surface area contributed by atoms with Crippen LogP contribution in [0, 0.1) is 0 Å². The van der Waals surface area contributed by atoms with E-state index in [0.29, 0.717) is 24.2 Å². The highest BCUT2D eigenvalue weighted by Crippen LogP contribution is 2.45. The Balaban J connectivity index is 2.01. The highest BCUT2D eigenvalue weighted by atomic mass is 16.5. The number of allylic oxidation sites excluding steroid dienone is 2. The average Bonchev–Trinajstić information content (AvgIpc) is 2.66. The molecule has 4 rings (SSSR count). The summed E-state index contributed by atoms with van der Waals surface area (Å²) in [6, 6.07) is 13.7. The van der Waals surface area contributed by atoms with Gasteiger partial charge in [0.05, 0.1) is 13.0 Å². The molecular weight excluding hydrogens is 330 g/mol. The monoisotopic (exact) mass is 349 g/mol. The number of hydrogen-bond acceptors (Lipinski definition) is 5. The van der Waals surface area contributed by atoms with E-state index in [2.05, 4.69) is 0 Å². The average molecular weight is 349 g/mol. The number of carbonyl (C=O) groups excluding carboxylic acids is 2. The zero-order valence-corrected chi connectivity index (χ0v) is 14.5. The van der Waals surface area contributed by atoms with Crippen molar-refractivity contribution in [1.29, 1.82) is 0 Å². The third-order valence-electron chi connectivity index (χ3n) is 5.02. The van der Waals surface area contributed by atoms with E-state index < -0.39 is 11.9 Å². The molecule has 2 aromatic carbocycles. The molecule has 0 aromatic heterocycles. The highest BCUT2D eigenvalue weighted by molar-refractivity contribution is 6.04. The Morgan fingerprint density at radius 3 is 2.73 bits per heavy atom. The van der Waals surface area contributed by atoms with Crippen LogP contribution in [0.1, 0.15) is 30.7 Å². The maximum absolute atomic E-state index is 12.8. The van der Waals surface area contributed by atoms with Crippen molar-refractivity contribution in [2.24, 2.45) is 5.73 Å². The Kier molecular flexibility index (Phi) is 3.99. The van der Waals surface area contributed by atoms with Crippen LogP contribution in [0.5, 0.6) is 0 Å². The molecular formula is C21H19NO4. The van der Waals surface area contributed by atoms with Gasteiger partial charge in [-0.15, -0.1) is 0 Å². The van der Waals surface area contributed by atoms with Crippen LogP contribution in [-0.4, -0.2) is 18.9 Å². The summed E-state index contributed by atoms with van der Waals surface area (Å²) in [5, 5.41) is 2.01. The van der Waals surface area contributed by atoms with Crippen LogP contribution in [0.25, 0.3) is 10.8 Å². The Morgan fingerprint density at radius 1 is 1.15 bits per heavy atom. The number of carbonyl (C=O) groups is 2. The molecule has 5 nitrogen and oxygen atoms in total. The third kappa shape index (κ3) is 2.47. The first-order valence-corrected chi connectivity index (χ1v) is 8.61. The molecule has 0 saturated heterocycles. The summed E-state index contributed by atoms with van der Waals surface area (Å²) in [7, 11) is 1.30. The number of ether oxygens (including phenoxy) is 2. The molecule has 0 bridgehead atoms. The van der Waals surface area contributed by atoms with Gasteiger partial charge in [0.2, 0.25) is 5.88 Å². The lowest BCUT2D eigenvalue weighted by atomic mass is 9.76. The molecule has 1 aliphatic heterocycles. The summed E-state index contributed by atoms with van der Waals surface area (Å²) in [6.07, 6.45) is 1.80. The van der Waals surface area contributed by atoms with Crippen LogP contribution in [-0.2, 0) is 19.1 Å². The van der Waals surface area contributed by atoms with E-state index in [0.717, 1.165) is 22.8 Å². The van der Waals surface area contributed by atoms with Gasteiger partial charge >= 0.3 is 5.97 Å². The summed E-state index contributed by atoms with van der Waals surface area (Å²) >= 11 is 0. The molecule has 5 heteroatoms. The quantitative estimate of drug-likeness (QED) is 0.842. The van der Waals surface area contributed by atoms with Gasteiger partial charge < -0.3 is 15.2 Å². The molecule has 132 valence electrons. The minimum atomic E-state index is -0.579. The van der Waals surface area contributed by atoms with Gasteiger partial charge in [-0.1, -0.05) is 42.5 Å². The Bertz CT molecular complexity index is 981. The molecule has 0 fully saturated rings. The van der Waals surface area contributed by atoms with Crippen molar-refractivity contribution in [3.8, 4) is 0 Å². The fraction of sp³-hybridized carbons (Fsp3) is 0.238. The van der Waals surface area contributed by atoms with Crippen molar-refractivity contribution in [3.63, 3.8) is 0 Å². The molecule has 2 aromatic rings. The Morgan fingerprint density at radius 2 is 1.92 bits per heavy atom. The van der Waals surface area contributed by atoms with E-state index in [1.807, 2.05) is 42.5 Å². The number of hydrogen-bond donors (Lipinski definition) is 1. The molecule has 1 aliphatic carbocycles. The van der Waals surface area contributed by atoms with Crippen molar-refractivity contribution >= 4 is 22.5 Å². The van der Waals surface area contributed by atoms with Crippen LogP contribution < -0.4 is 5.73 Å². The topological polar surface area (TPSA) is 78.6 Å². The van der Waals surface area contributed by atoms with Crippen LogP contribution in [0.15, 0.2) is 65.3 Å². The number of Topliss-reactive ketones (excluding diaryl/α,β-unsaturated/α-hetero) is 1. The van der Waals surface area contributed by atoms with E-state index in [4.69, 9.17) is 15.2 Å². The second-order valence-electron chi connectivity index (χ2n) is 6.49. The minimum Gasteiger partial charge on any atom is -0.465 e. The predicted molar refractivity (Wildman–Crippen MR) is 96.9 cm³/mol.